The lowest BCUT2D eigenvalue weighted by atomic mass is 10.1. The van der Waals surface area contributed by atoms with E-state index in [1.165, 1.54) is 10.7 Å². The minimum Gasteiger partial charge on any atom is -0.354 e. The van der Waals surface area contributed by atoms with Crippen LogP contribution >= 0.6 is 11.6 Å². The molecule has 3 N–H and O–H groups in total. The number of para-hydroxylation sites is 1. The largest absolute Gasteiger partial charge is 0.354 e. The Balaban J connectivity index is 1.62. The molecular weight excluding hydrogens is 430 g/mol. The quantitative estimate of drug-likeness (QED) is 0.554. The summed E-state index contributed by atoms with van der Waals surface area (Å²) in [5.41, 5.74) is 1.05. The van der Waals surface area contributed by atoms with Crippen molar-refractivity contribution in [1.82, 2.24) is 20.4 Å². The van der Waals surface area contributed by atoms with Crippen LogP contribution in [0.25, 0.3) is 5.69 Å². The molecule has 164 valence electrons. The molecule has 0 radical (unpaired) electrons. The van der Waals surface area contributed by atoms with E-state index in [-0.39, 0.29) is 11.6 Å². The zero-order chi connectivity index (χ0) is 22.5. The second kappa shape index (κ2) is 9.65. The van der Waals surface area contributed by atoms with Crippen molar-refractivity contribution in [2.45, 2.75) is 25.3 Å². The van der Waals surface area contributed by atoms with Crippen LogP contribution in [0.1, 0.15) is 40.1 Å². The number of aromatic nitrogens is 2. The molecule has 2 aromatic carbocycles. The number of nitrogens with zero attached hydrogens (tertiary/aromatic N) is 2. The minimum atomic E-state index is -0.618. The van der Waals surface area contributed by atoms with E-state index >= 15 is 0 Å². The number of rotatable bonds is 5. The van der Waals surface area contributed by atoms with Gasteiger partial charge in [-0.2, -0.15) is 5.10 Å². The maximum Gasteiger partial charge on any atom is 0.272 e. The van der Waals surface area contributed by atoms with E-state index in [2.05, 4.69) is 21.0 Å². The van der Waals surface area contributed by atoms with Gasteiger partial charge in [0.2, 0.25) is 5.91 Å². The highest BCUT2D eigenvalue weighted by atomic mass is 35.5. The van der Waals surface area contributed by atoms with E-state index in [1.54, 1.807) is 36.4 Å². The van der Waals surface area contributed by atoms with Crippen LogP contribution in [0.2, 0.25) is 5.02 Å². The van der Waals surface area contributed by atoms with Crippen molar-refractivity contribution in [2.75, 3.05) is 11.9 Å². The Morgan fingerprint density at radius 2 is 1.78 bits per heavy atom. The molecule has 4 rings (SSSR count). The fourth-order valence-electron chi connectivity index (χ4n) is 3.49. The van der Waals surface area contributed by atoms with Crippen molar-refractivity contribution in [3.05, 3.63) is 76.9 Å². The molecule has 0 bridgehead atoms. The Kier molecular flexibility index (Phi) is 6.51. The number of benzene rings is 2. The average molecular weight is 452 g/mol. The molecule has 9 heteroatoms. The van der Waals surface area contributed by atoms with E-state index in [0.29, 0.717) is 35.1 Å². The van der Waals surface area contributed by atoms with Crippen molar-refractivity contribution < 1.29 is 14.4 Å². The summed E-state index contributed by atoms with van der Waals surface area (Å²) in [5.74, 6) is -0.820. The standard InChI is InChI=1S/C23H22ClN5O3/c24-17-11-5-4-10-16(17)21(30)27-20-14-19(28-29(20)15-8-2-1-3-9-15)23(32)26-18-12-6-7-13-25-22(18)31/h1-5,8-11,14,18H,6-7,12-13H2,(H,25,31)(H,26,32)(H,27,30)/t18-/m1/s1. The number of hydrogen-bond acceptors (Lipinski definition) is 4. The Labute approximate surface area is 190 Å². The number of amides is 3. The topological polar surface area (TPSA) is 105 Å². The first kappa shape index (κ1) is 21.6. The number of carbonyl (C=O) groups is 3. The van der Waals surface area contributed by atoms with Gasteiger partial charge in [0.1, 0.15) is 11.9 Å². The molecule has 1 saturated heterocycles. The van der Waals surface area contributed by atoms with E-state index in [9.17, 15) is 14.4 Å². The third-order valence-corrected chi connectivity index (χ3v) is 5.47. The van der Waals surface area contributed by atoms with Crippen LogP contribution in [0.5, 0.6) is 0 Å². The third kappa shape index (κ3) is 4.81. The van der Waals surface area contributed by atoms with Crippen LogP contribution in [0.3, 0.4) is 0 Å². The van der Waals surface area contributed by atoms with E-state index in [1.807, 2.05) is 18.2 Å². The van der Waals surface area contributed by atoms with Gasteiger partial charge in [0, 0.05) is 12.6 Å². The van der Waals surface area contributed by atoms with Crippen LogP contribution in [-0.4, -0.2) is 40.1 Å². The molecule has 1 fully saturated rings. The third-order valence-electron chi connectivity index (χ3n) is 5.14. The van der Waals surface area contributed by atoms with Crippen molar-refractivity contribution in [3.63, 3.8) is 0 Å². The number of hydrogen-bond donors (Lipinski definition) is 3. The molecule has 0 saturated carbocycles. The fourth-order valence-corrected chi connectivity index (χ4v) is 3.71. The molecule has 3 amide bonds. The summed E-state index contributed by atoms with van der Waals surface area (Å²) in [6, 6.07) is 16.7. The van der Waals surface area contributed by atoms with Crippen molar-refractivity contribution in [1.29, 1.82) is 0 Å². The molecule has 1 aromatic heterocycles. The second-order valence-electron chi connectivity index (χ2n) is 7.41. The van der Waals surface area contributed by atoms with Crippen molar-refractivity contribution >= 4 is 35.1 Å². The van der Waals surface area contributed by atoms with Gasteiger partial charge in [-0.3, -0.25) is 14.4 Å². The highest BCUT2D eigenvalue weighted by molar-refractivity contribution is 6.34. The van der Waals surface area contributed by atoms with Gasteiger partial charge in [-0.25, -0.2) is 4.68 Å². The van der Waals surface area contributed by atoms with Gasteiger partial charge < -0.3 is 16.0 Å². The summed E-state index contributed by atoms with van der Waals surface area (Å²) < 4.78 is 1.47. The number of halogens is 1. The minimum absolute atomic E-state index is 0.0837. The summed E-state index contributed by atoms with van der Waals surface area (Å²) in [4.78, 5) is 37.9. The molecular formula is C23H22ClN5O3. The summed E-state index contributed by atoms with van der Waals surface area (Å²) >= 11 is 6.15. The van der Waals surface area contributed by atoms with Gasteiger partial charge in [-0.15, -0.1) is 0 Å². The van der Waals surface area contributed by atoms with E-state index in [0.717, 1.165) is 12.8 Å². The summed E-state index contributed by atoms with van der Waals surface area (Å²) in [5, 5.41) is 13.0. The molecule has 0 unspecified atom stereocenters. The average Bonchev–Trinajstić information content (AvgIpc) is 3.11. The first-order valence-electron chi connectivity index (χ1n) is 10.3. The zero-order valence-electron chi connectivity index (χ0n) is 17.2. The lowest BCUT2D eigenvalue weighted by molar-refractivity contribution is -0.122. The predicted molar refractivity (Wildman–Crippen MR) is 121 cm³/mol. The predicted octanol–water partition coefficient (Wildman–Crippen LogP) is 3.18. The molecule has 0 aliphatic carbocycles. The smallest absolute Gasteiger partial charge is 0.272 e. The number of anilines is 1. The van der Waals surface area contributed by atoms with E-state index < -0.39 is 17.9 Å². The van der Waals surface area contributed by atoms with Gasteiger partial charge in [-0.05, 0) is 43.5 Å². The number of nitrogens with one attached hydrogen (secondary N) is 3. The summed E-state index contributed by atoms with van der Waals surface area (Å²) in [6.45, 7) is 0.603. The SMILES string of the molecule is O=C(N[C@@H]1CCCCNC1=O)c1cc(NC(=O)c2ccccc2Cl)n(-c2ccccc2)n1. The van der Waals surface area contributed by atoms with E-state index in [4.69, 9.17) is 11.6 Å². The Bertz CT molecular complexity index is 1150. The maximum atomic E-state index is 12.9. The molecule has 8 nitrogen and oxygen atoms in total. The summed E-state index contributed by atoms with van der Waals surface area (Å²) in [6.07, 6.45) is 2.27. The molecule has 1 aliphatic heterocycles. The fraction of sp³-hybridized carbons (Fsp3) is 0.217. The molecule has 0 spiro atoms. The Morgan fingerprint density at radius 1 is 1.03 bits per heavy atom. The molecule has 3 aromatic rings. The highest BCUT2D eigenvalue weighted by Gasteiger charge is 2.25. The molecule has 2 heterocycles. The van der Waals surface area contributed by atoms with Gasteiger partial charge >= 0.3 is 0 Å². The lowest BCUT2D eigenvalue weighted by Gasteiger charge is -2.14. The summed E-state index contributed by atoms with van der Waals surface area (Å²) in [7, 11) is 0. The normalized spacial score (nSPS) is 16.0. The van der Waals surface area contributed by atoms with Gasteiger partial charge in [-0.1, -0.05) is 41.9 Å². The Hall–Kier alpha value is -3.65. The van der Waals surface area contributed by atoms with Gasteiger partial charge in [0.15, 0.2) is 5.69 Å². The number of carbonyl (C=O) groups excluding carboxylic acids is 3. The van der Waals surface area contributed by atoms with Gasteiger partial charge in [0.25, 0.3) is 11.8 Å². The van der Waals surface area contributed by atoms with Crippen LogP contribution in [0.15, 0.2) is 60.7 Å². The van der Waals surface area contributed by atoms with Crippen LogP contribution in [-0.2, 0) is 4.79 Å². The zero-order valence-corrected chi connectivity index (χ0v) is 17.9. The first-order chi connectivity index (χ1) is 15.5. The maximum absolute atomic E-state index is 12.9. The lowest BCUT2D eigenvalue weighted by Crippen LogP contribution is -2.45. The van der Waals surface area contributed by atoms with Crippen LogP contribution in [0.4, 0.5) is 5.82 Å². The molecule has 1 aliphatic rings. The monoisotopic (exact) mass is 451 g/mol. The molecule has 32 heavy (non-hydrogen) atoms. The van der Waals surface area contributed by atoms with Crippen molar-refractivity contribution in [2.24, 2.45) is 0 Å². The highest BCUT2D eigenvalue weighted by Crippen LogP contribution is 2.21. The van der Waals surface area contributed by atoms with Crippen molar-refractivity contribution in [3.8, 4) is 5.69 Å². The Morgan fingerprint density at radius 3 is 2.56 bits per heavy atom. The molecule has 1 atom stereocenters. The van der Waals surface area contributed by atoms with Crippen LogP contribution in [0, 0.1) is 0 Å². The van der Waals surface area contributed by atoms with Gasteiger partial charge in [0.05, 0.1) is 16.3 Å². The van der Waals surface area contributed by atoms with Crippen LogP contribution < -0.4 is 16.0 Å². The second-order valence-corrected chi connectivity index (χ2v) is 7.82. The first-order valence-corrected chi connectivity index (χ1v) is 10.7.